The molecule has 1 N–H and O–H groups in total. The maximum atomic E-state index is 12.2. The number of hydrogen-bond donors (Lipinski definition) is 1. The van der Waals surface area contributed by atoms with Gasteiger partial charge in [0.1, 0.15) is 0 Å². The first-order valence-corrected chi connectivity index (χ1v) is 7.23. The number of hydrogen-bond acceptors (Lipinski definition) is 2. The lowest BCUT2D eigenvalue weighted by Gasteiger charge is -2.21. The minimum atomic E-state index is -0.0542. The van der Waals surface area contributed by atoms with Crippen LogP contribution in [-0.2, 0) is 6.54 Å². The van der Waals surface area contributed by atoms with Gasteiger partial charge >= 0.3 is 6.03 Å². The molecule has 4 heteroatoms. The van der Waals surface area contributed by atoms with Gasteiger partial charge in [-0.3, -0.25) is 4.90 Å². The van der Waals surface area contributed by atoms with Crippen molar-refractivity contribution in [1.29, 1.82) is 0 Å². The lowest BCUT2D eigenvalue weighted by Crippen LogP contribution is -2.39. The molecule has 100 valence electrons. The Bertz CT molecular complexity index is 537. The average molecular weight is 274 g/mol. The van der Waals surface area contributed by atoms with Crippen LogP contribution in [0.3, 0.4) is 0 Å². The third kappa shape index (κ3) is 3.58. The van der Waals surface area contributed by atoms with Crippen molar-refractivity contribution in [3.63, 3.8) is 0 Å². The van der Waals surface area contributed by atoms with Crippen LogP contribution in [0.5, 0.6) is 0 Å². The summed E-state index contributed by atoms with van der Waals surface area (Å²) in [6, 6.07) is 11.9. The second-order valence-corrected chi connectivity index (χ2v) is 5.35. The van der Waals surface area contributed by atoms with Gasteiger partial charge in [-0.15, -0.1) is 11.3 Å². The van der Waals surface area contributed by atoms with Crippen molar-refractivity contribution in [2.45, 2.75) is 20.4 Å². The van der Waals surface area contributed by atoms with E-state index in [4.69, 9.17) is 0 Å². The van der Waals surface area contributed by atoms with Crippen molar-refractivity contribution in [3.8, 4) is 0 Å². The predicted molar refractivity (Wildman–Crippen MR) is 80.8 cm³/mol. The van der Waals surface area contributed by atoms with Crippen LogP contribution >= 0.6 is 11.3 Å². The maximum absolute atomic E-state index is 12.2. The SMILES string of the molecule is CCN(C(=O)NCc1cccs1)c1cccc(C)c1. The molecule has 0 spiro atoms. The molecule has 0 saturated carbocycles. The quantitative estimate of drug-likeness (QED) is 0.903. The van der Waals surface area contributed by atoms with Gasteiger partial charge in [-0.1, -0.05) is 18.2 Å². The highest BCUT2D eigenvalue weighted by Crippen LogP contribution is 2.16. The monoisotopic (exact) mass is 274 g/mol. The summed E-state index contributed by atoms with van der Waals surface area (Å²) in [5.74, 6) is 0. The molecular formula is C15H18N2OS. The van der Waals surface area contributed by atoms with E-state index in [0.717, 1.165) is 16.1 Å². The molecule has 2 aromatic rings. The Kier molecular flexibility index (Phi) is 4.58. The molecule has 0 bridgehead atoms. The van der Waals surface area contributed by atoms with Gasteiger partial charge in [0.2, 0.25) is 0 Å². The molecule has 2 rings (SSSR count). The van der Waals surface area contributed by atoms with Gasteiger partial charge < -0.3 is 5.32 Å². The highest BCUT2D eigenvalue weighted by molar-refractivity contribution is 7.09. The standard InChI is InChI=1S/C15H18N2OS/c1-3-17(13-7-4-6-12(2)10-13)15(18)16-11-14-8-5-9-19-14/h4-10H,3,11H2,1-2H3,(H,16,18). The first kappa shape index (κ1) is 13.6. The minimum absolute atomic E-state index is 0.0542. The molecule has 3 nitrogen and oxygen atoms in total. The van der Waals surface area contributed by atoms with Crippen LogP contribution in [0.15, 0.2) is 41.8 Å². The van der Waals surface area contributed by atoms with E-state index in [0.29, 0.717) is 13.1 Å². The number of carbonyl (C=O) groups is 1. The summed E-state index contributed by atoms with van der Waals surface area (Å²) >= 11 is 1.65. The minimum Gasteiger partial charge on any atom is -0.333 e. The number of anilines is 1. The molecule has 0 aliphatic rings. The van der Waals surface area contributed by atoms with Crippen molar-refractivity contribution in [1.82, 2.24) is 5.32 Å². The Labute approximate surface area is 117 Å². The van der Waals surface area contributed by atoms with Crippen molar-refractivity contribution in [3.05, 3.63) is 52.2 Å². The molecule has 19 heavy (non-hydrogen) atoms. The summed E-state index contributed by atoms with van der Waals surface area (Å²) in [4.78, 5) is 15.1. The highest BCUT2D eigenvalue weighted by atomic mass is 32.1. The fourth-order valence-corrected chi connectivity index (χ4v) is 2.56. The lowest BCUT2D eigenvalue weighted by atomic mass is 10.2. The van der Waals surface area contributed by atoms with Crippen LogP contribution in [0.25, 0.3) is 0 Å². The van der Waals surface area contributed by atoms with Gasteiger partial charge in [-0.05, 0) is 43.0 Å². The molecule has 1 heterocycles. The smallest absolute Gasteiger partial charge is 0.322 e. The average Bonchev–Trinajstić information content (AvgIpc) is 2.90. The summed E-state index contributed by atoms with van der Waals surface area (Å²) in [5.41, 5.74) is 2.09. The molecule has 0 unspecified atom stereocenters. The van der Waals surface area contributed by atoms with Crippen LogP contribution < -0.4 is 10.2 Å². The van der Waals surface area contributed by atoms with Crippen molar-refractivity contribution in [2.24, 2.45) is 0 Å². The Morgan fingerprint density at radius 3 is 2.79 bits per heavy atom. The molecule has 1 aromatic heterocycles. The summed E-state index contributed by atoms with van der Waals surface area (Å²) in [6.45, 7) is 5.24. The van der Waals surface area contributed by atoms with Crippen LogP contribution in [0, 0.1) is 6.92 Å². The van der Waals surface area contributed by atoms with E-state index >= 15 is 0 Å². The Morgan fingerprint density at radius 1 is 1.32 bits per heavy atom. The fraction of sp³-hybridized carbons (Fsp3) is 0.267. The largest absolute Gasteiger partial charge is 0.333 e. The zero-order valence-corrected chi connectivity index (χ0v) is 12.0. The number of urea groups is 1. The third-order valence-corrected chi connectivity index (χ3v) is 3.75. The summed E-state index contributed by atoms with van der Waals surface area (Å²) in [6.07, 6.45) is 0. The molecule has 0 fully saturated rings. The molecular weight excluding hydrogens is 256 g/mol. The fourth-order valence-electron chi connectivity index (χ4n) is 1.91. The molecule has 0 saturated heterocycles. The van der Waals surface area contributed by atoms with E-state index in [1.54, 1.807) is 16.2 Å². The van der Waals surface area contributed by atoms with E-state index in [1.807, 2.05) is 55.6 Å². The number of carbonyl (C=O) groups excluding carboxylic acids is 1. The number of nitrogens with one attached hydrogen (secondary N) is 1. The predicted octanol–water partition coefficient (Wildman–Crippen LogP) is 3.79. The molecule has 1 aromatic carbocycles. The number of aryl methyl sites for hydroxylation is 1. The van der Waals surface area contributed by atoms with Crippen LogP contribution in [0.1, 0.15) is 17.4 Å². The van der Waals surface area contributed by atoms with E-state index < -0.39 is 0 Å². The van der Waals surface area contributed by atoms with Crippen molar-refractivity contribution >= 4 is 23.1 Å². The normalized spacial score (nSPS) is 10.2. The molecule has 0 atom stereocenters. The van der Waals surface area contributed by atoms with Gasteiger partial charge in [0.25, 0.3) is 0 Å². The summed E-state index contributed by atoms with van der Waals surface area (Å²) in [7, 11) is 0. The number of thiophene rings is 1. The van der Waals surface area contributed by atoms with E-state index in [-0.39, 0.29) is 6.03 Å². The van der Waals surface area contributed by atoms with E-state index in [1.165, 1.54) is 0 Å². The van der Waals surface area contributed by atoms with Gasteiger partial charge in [0.05, 0.1) is 6.54 Å². The number of amides is 2. The Hall–Kier alpha value is -1.81. The van der Waals surface area contributed by atoms with Gasteiger partial charge in [-0.2, -0.15) is 0 Å². The first-order chi connectivity index (χ1) is 9.20. The van der Waals surface area contributed by atoms with Gasteiger partial charge in [-0.25, -0.2) is 4.79 Å². The zero-order valence-electron chi connectivity index (χ0n) is 11.2. The topological polar surface area (TPSA) is 32.3 Å². The molecule has 2 amide bonds. The summed E-state index contributed by atoms with van der Waals surface area (Å²) < 4.78 is 0. The number of nitrogens with zero attached hydrogens (tertiary/aromatic N) is 1. The van der Waals surface area contributed by atoms with Gasteiger partial charge in [0, 0.05) is 17.1 Å². The van der Waals surface area contributed by atoms with Crippen LogP contribution in [-0.4, -0.2) is 12.6 Å². The van der Waals surface area contributed by atoms with Crippen molar-refractivity contribution in [2.75, 3.05) is 11.4 Å². The molecule has 0 radical (unpaired) electrons. The van der Waals surface area contributed by atoms with Gasteiger partial charge in [0.15, 0.2) is 0 Å². The first-order valence-electron chi connectivity index (χ1n) is 6.35. The Balaban J connectivity index is 2.02. The Morgan fingerprint density at radius 2 is 2.16 bits per heavy atom. The third-order valence-electron chi connectivity index (χ3n) is 2.87. The number of benzene rings is 1. The van der Waals surface area contributed by atoms with Crippen LogP contribution in [0.2, 0.25) is 0 Å². The zero-order chi connectivity index (χ0) is 13.7. The van der Waals surface area contributed by atoms with Crippen LogP contribution in [0.4, 0.5) is 10.5 Å². The number of rotatable bonds is 4. The maximum Gasteiger partial charge on any atom is 0.322 e. The molecule has 0 aliphatic heterocycles. The summed E-state index contributed by atoms with van der Waals surface area (Å²) in [5, 5.41) is 4.96. The van der Waals surface area contributed by atoms with Crippen molar-refractivity contribution < 1.29 is 4.79 Å². The second-order valence-electron chi connectivity index (χ2n) is 4.32. The second kappa shape index (κ2) is 6.38. The highest BCUT2D eigenvalue weighted by Gasteiger charge is 2.13. The van der Waals surface area contributed by atoms with E-state index in [9.17, 15) is 4.79 Å². The molecule has 0 aliphatic carbocycles. The lowest BCUT2D eigenvalue weighted by molar-refractivity contribution is 0.246. The van der Waals surface area contributed by atoms with E-state index in [2.05, 4.69) is 5.32 Å².